The number of hydrogen-bond acceptors (Lipinski definition) is 3. The molecule has 0 spiro atoms. The van der Waals surface area contributed by atoms with Gasteiger partial charge in [-0.3, -0.25) is 4.98 Å². The largest absolute Gasteiger partial charge is 0.264 e. The summed E-state index contributed by atoms with van der Waals surface area (Å²) in [4.78, 5) is 14.9. The van der Waals surface area contributed by atoms with E-state index >= 15 is 0 Å². The number of hydrogen-bond donors (Lipinski definition) is 0. The van der Waals surface area contributed by atoms with Gasteiger partial charge in [-0.05, 0) is 106 Å². The molecular formula is C60H41N3. The second kappa shape index (κ2) is 14.6. The van der Waals surface area contributed by atoms with E-state index in [-0.39, 0.29) is 5.41 Å². The third kappa shape index (κ3) is 6.00. The highest BCUT2D eigenvalue weighted by molar-refractivity contribution is 6.13. The Labute approximate surface area is 367 Å². The molecule has 11 aromatic rings. The fourth-order valence-electron chi connectivity index (χ4n) is 10.2. The molecule has 0 amide bonds. The molecule has 0 atom stereocenters. The Morgan fingerprint density at radius 3 is 1.54 bits per heavy atom. The molecule has 2 heterocycles. The van der Waals surface area contributed by atoms with Gasteiger partial charge >= 0.3 is 0 Å². The molecule has 9 aromatic carbocycles. The maximum Gasteiger partial charge on any atom is 0.161 e. The number of rotatable bonds is 6. The van der Waals surface area contributed by atoms with Gasteiger partial charge in [0.15, 0.2) is 5.82 Å². The Morgan fingerprint density at radius 2 is 0.889 bits per heavy atom. The molecule has 2 aromatic heterocycles. The summed E-state index contributed by atoms with van der Waals surface area (Å²) in [6, 6.07) is 72.3. The van der Waals surface area contributed by atoms with Crippen LogP contribution in [0.3, 0.4) is 0 Å². The van der Waals surface area contributed by atoms with Crippen LogP contribution in [0.5, 0.6) is 0 Å². The van der Waals surface area contributed by atoms with Crippen LogP contribution in [0.25, 0.3) is 111 Å². The first-order valence-electron chi connectivity index (χ1n) is 21.7. The molecule has 3 nitrogen and oxygen atoms in total. The van der Waals surface area contributed by atoms with Crippen molar-refractivity contribution in [2.24, 2.45) is 0 Å². The fraction of sp³-hybridized carbons (Fsp3) is 0.0500. The summed E-state index contributed by atoms with van der Waals surface area (Å²) in [5, 5.41) is 7.35. The second-order valence-electron chi connectivity index (χ2n) is 17.1. The van der Waals surface area contributed by atoms with Crippen molar-refractivity contribution in [3.63, 3.8) is 0 Å². The third-order valence-corrected chi connectivity index (χ3v) is 13.2. The maximum atomic E-state index is 5.30. The van der Waals surface area contributed by atoms with Crippen LogP contribution in [0.4, 0.5) is 0 Å². The zero-order valence-corrected chi connectivity index (χ0v) is 35.0. The minimum absolute atomic E-state index is 0.131. The Hall–Kier alpha value is -8.01. The molecular weight excluding hydrogens is 763 g/mol. The summed E-state index contributed by atoms with van der Waals surface area (Å²) in [6.07, 6.45) is 3.70. The van der Waals surface area contributed by atoms with E-state index in [0.717, 1.165) is 50.0 Å². The van der Waals surface area contributed by atoms with Crippen LogP contribution >= 0.6 is 0 Å². The van der Waals surface area contributed by atoms with E-state index in [0.29, 0.717) is 5.82 Å². The SMILES string of the molecule is CC1(C)c2cccc(-c3ccc(-c4ccc(-c5nc(-c6ccccc6)cc(-c6ccc(-c7cccnc7)cc6)n5)c5ccccc45)c4ccccc34)c2-c2ccc3ccccc3c21. The quantitative estimate of drug-likeness (QED) is 0.168. The van der Waals surface area contributed by atoms with E-state index in [1.165, 1.54) is 66.1 Å². The van der Waals surface area contributed by atoms with Gasteiger partial charge in [-0.1, -0.05) is 196 Å². The molecule has 0 bridgehead atoms. The Morgan fingerprint density at radius 1 is 0.365 bits per heavy atom. The van der Waals surface area contributed by atoms with E-state index < -0.39 is 0 Å². The highest BCUT2D eigenvalue weighted by Gasteiger charge is 2.38. The number of pyridine rings is 1. The molecule has 1 aliphatic rings. The van der Waals surface area contributed by atoms with Crippen LogP contribution in [-0.2, 0) is 5.41 Å². The molecule has 12 rings (SSSR count). The van der Waals surface area contributed by atoms with Crippen LogP contribution in [-0.4, -0.2) is 15.0 Å². The predicted molar refractivity (Wildman–Crippen MR) is 263 cm³/mol. The van der Waals surface area contributed by atoms with Gasteiger partial charge in [-0.25, -0.2) is 9.97 Å². The zero-order valence-electron chi connectivity index (χ0n) is 35.0. The van der Waals surface area contributed by atoms with Crippen LogP contribution in [0.2, 0.25) is 0 Å². The van der Waals surface area contributed by atoms with E-state index in [2.05, 4.69) is 207 Å². The van der Waals surface area contributed by atoms with Crippen molar-refractivity contribution in [2.75, 3.05) is 0 Å². The first-order valence-corrected chi connectivity index (χ1v) is 21.7. The van der Waals surface area contributed by atoms with Crippen LogP contribution in [0.1, 0.15) is 25.0 Å². The highest BCUT2D eigenvalue weighted by atomic mass is 14.9. The minimum atomic E-state index is -0.131. The second-order valence-corrected chi connectivity index (χ2v) is 17.1. The normalized spacial score (nSPS) is 12.7. The summed E-state index contributed by atoms with van der Waals surface area (Å²) in [5.41, 5.74) is 17.3. The van der Waals surface area contributed by atoms with Crippen molar-refractivity contribution in [3.8, 4) is 78.4 Å². The Kier molecular flexibility index (Phi) is 8.52. The smallest absolute Gasteiger partial charge is 0.161 e. The van der Waals surface area contributed by atoms with Gasteiger partial charge in [0.2, 0.25) is 0 Å². The third-order valence-electron chi connectivity index (χ3n) is 13.2. The van der Waals surface area contributed by atoms with Crippen molar-refractivity contribution < 1.29 is 0 Å². The summed E-state index contributed by atoms with van der Waals surface area (Å²) < 4.78 is 0. The average molecular weight is 804 g/mol. The first kappa shape index (κ1) is 36.8. The molecule has 1 aliphatic carbocycles. The first-order chi connectivity index (χ1) is 31.0. The molecule has 0 radical (unpaired) electrons. The van der Waals surface area contributed by atoms with Gasteiger partial charge in [-0.15, -0.1) is 0 Å². The molecule has 0 saturated heterocycles. The lowest BCUT2D eigenvalue weighted by Gasteiger charge is -2.23. The molecule has 0 N–H and O–H groups in total. The molecule has 0 unspecified atom stereocenters. The molecule has 296 valence electrons. The van der Waals surface area contributed by atoms with Crippen LogP contribution in [0.15, 0.2) is 213 Å². The Balaban J connectivity index is 1.00. The average Bonchev–Trinajstić information content (AvgIpc) is 3.60. The zero-order chi connectivity index (χ0) is 42.1. The van der Waals surface area contributed by atoms with Gasteiger partial charge in [0.1, 0.15) is 0 Å². The predicted octanol–water partition coefficient (Wildman–Crippen LogP) is 15.6. The van der Waals surface area contributed by atoms with Gasteiger partial charge in [0.05, 0.1) is 11.4 Å². The molecule has 0 aliphatic heterocycles. The number of fused-ring (bicyclic) bond motifs is 7. The number of nitrogens with zero attached hydrogens (tertiary/aromatic N) is 3. The summed E-state index contributed by atoms with van der Waals surface area (Å²) in [5.74, 6) is 0.694. The van der Waals surface area contributed by atoms with Crippen LogP contribution < -0.4 is 0 Å². The number of aromatic nitrogens is 3. The minimum Gasteiger partial charge on any atom is -0.264 e. The molecule has 63 heavy (non-hydrogen) atoms. The molecule has 0 fully saturated rings. The lowest BCUT2D eigenvalue weighted by atomic mass is 9.80. The van der Waals surface area contributed by atoms with Crippen molar-refractivity contribution in [3.05, 3.63) is 224 Å². The topological polar surface area (TPSA) is 38.7 Å². The fourth-order valence-corrected chi connectivity index (χ4v) is 10.2. The van der Waals surface area contributed by atoms with Gasteiger partial charge in [-0.2, -0.15) is 0 Å². The molecule has 0 saturated carbocycles. The lowest BCUT2D eigenvalue weighted by Crippen LogP contribution is -2.15. The maximum absolute atomic E-state index is 5.30. The van der Waals surface area contributed by atoms with E-state index in [1.54, 1.807) is 6.20 Å². The highest BCUT2D eigenvalue weighted by Crippen LogP contribution is 2.55. The van der Waals surface area contributed by atoms with Crippen molar-refractivity contribution in [2.45, 2.75) is 19.3 Å². The Bertz CT molecular complexity index is 3570. The van der Waals surface area contributed by atoms with Crippen molar-refractivity contribution in [1.82, 2.24) is 15.0 Å². The van der Waals surface area contributed by atoms with Gasteiger partial charge < -0.3 is 0 Å². The van der Waals surface area contributed by atoms with E-state index in [9.17, 15) is 0 Å². The van der Waals surface area contributed by atoms with E-state index in [4.69, 9.17) is 9.97 Å². The van der Waals surface area contributed by atoms with Gasteiger partial charge in [0.25, 0.3) is 0 Å². The molecule has 3 heteroatoms. The van der Waals surface area contributed by atoms with Crippen molar-refractivity contribution in [1.29, 1.82) is 0 Å². The van der Waals surface area contributed by atoms with Crippen LogP contribution in [0, 0.1) is 0 Å². The van der Waals surface area contributed by atoms with Gasteiger partial charge in [0, 0.05) is 34.5 Å². The van der Waals surface area contributed by atoms with E-state index in [1.807, 2.05) is 18.3 Å². The monoisotopic (exact) mass is 803 g/mol. The summed E-state index contributed by atoms with van der Waals surface area (Å²) in [6.45, 7) is 4.77. The summed E-state index contributed by atoms with van der Waals surface area (Å²) >= 11 is 0. The number of benzene rings is 9. The lowest BCUT2D eigenvalue weighted by molar-refractivity contribution is 0.666. The standard InChI is InChI=1S/C60H41N3/c1-60(2)54-24-12-23-51(57(54)53-30-29-39-14-6-7-18-43(39)58(53)60)50-32-31-48(44-19-8-9-20-45(44)50)49-33-34-52(47-22-11-10-21-46(47)49)59-62-55(40-15-4-3-5-16-40)36-56(63-59)41-27-25-38(26-28-41)42-17-13-35-61-37-42/h3-37H,1-2H3. The summed E-state index contributed by atoms with van der Waals surface area (Å²) in [7, 11) is 0. The van der Waals surface area contributed by atoms with Crippen molar-refractivity contribution >= 4 is 32.3 Å².